The van der Waals surface area contributed by atoms with Crippen molar-refractivity contribution < 1.29 is 0 Å². The summed E-state index contributed by atoms with van der Waals surface area (Å²) in [5.74, 6) is 0. The highest BCUT2D eigenvalue weighted by Crippen LogP contribution is 2.57. The van der Waals surface area contributed by atoms with E-state index in [0.29, 0.717) is 6.54 Å². The number of fused-ring (bicyclic) bond motifs is 9. The lowest BCUT2D eigenvalue weighted by Gasteiger charge is -2.24. The van der Waals surface area contributed by atoms with E-state index in [9.17, 15) is 0 Å². The quantitative estimate of drug-likeness (QED) is 0.187. The highest BCUT2D eigenvalue weighted by Gasteiger charge is 2.39. The van der Waals surface area contributed by atoms with E-state index in [1.807, 2.05) is 41.7 Å². The first-order chi connectivity index (χ1) is 23.5. The Morgan fingerprint density at radius 2 is 1.27 bits per heavy atom. The van der Waals surface area contributed by atoms with Gasteiger partial charge in [-0.25, -0.2) is 0 Å². The summed E-state index contributed by atoms with van der Waals surface area (Å²) in [4.78, 5) is 5.37. The predicted molar refractivity (Wildman–Crippen MR) is 205 cm³/mol. The van der Waals surface area contributed by atoms with Crippen LogP contribution in [-0.4, -0.2) is 4.57 Å². The van der Waals surface area contributed by atoms with Crippen molar-refractivity contribution >= 4 is 56.6 Å². The summed E-state index contributed by atoms with van der Waals surface area (Å²) in [5, 5.41) is 2.58. The third-order valence-electron chi connectivity index (χ3n) is 9.94. The average Bonchev–Trinajstić information content (AvgIpc) is 3.56. The van der Waals surface area contributed by atoms with Crippen molar-refractivity contribution in [2.75, 3.05) is 0 Å². The van der Waals surface area contributed by atoms with Gasteiger partial charge in [0.2, 0.25) is 0 Å². The zero-order valence-electron chi connectivity index (χ0n) is 26.9. The molecule has 0 unspecified atom stereocenters. The minimum atomic E-state index is -0.116. The van der Waals surface area contributed by atoms with Crippen LogP contribution >= 0.6 is 23.5 Å². The molecule has 0 saturated carbocycles. The van der Waals surface area contributed by atoms with Crippen molar-refractivity contribution in [3.8, 4) is 11.1 Å². The van der Waals surface area contributed by atoms with E-state index in [4.69, 9.17) is 5.73 Å². The summed E-state index contributed by atoms with van der Waals surface area (Å²) in [6.45, 7) is 5.49. The van der Waals surface area contributed by atoms with Gasteiger partial charge in [-0.15, -0.1) is 0 Å². The fourth-order valence-electron chi connectivity index (χ4n) is 7.54. The first-order valence-corrected chi connectivity index (χ1v) is 18.1. The van der Waals surface area contributed by atoms with E-state index in [2.05, 4.69) is 146 Å². The number of para-hydroxylation sites is 1. The third-order valence-corrected chi connectivity index (χ3v) is 12.5. The molecule has 2 nitrogen and oxygen atoms in total. The second-order valence-corrected chi connectivity index (χ2v) is 15.3. The van der Waals surface area contributed by atoms with E-state index in [1.54, 1.807) is 0 Å². The number of nitrogens with two attached hydrogens (primary N) is 1. The number of hydrogen-bond donors (Lipinski definition) is 1. The lowest BCUT2D eigenvalue weighted by atomic mass is 9.82. The van der Waals surface area contributed by atoms with Crippen molar-refractivity contribution in [3.05, 3.63) is 168 Å². The molecule has 6 aromatic carbocycles. The third kappa shape index (κ3) is 4.66. The van der Waals surface area contributed by atoms with Crippen LogP contribution in [0.1, 0.15) is 36.1 Å². The largest absolute Gasteiger partial charge is 0.398 e. The molecule has 0 radical (unpaired) electrons. The first-order valence-electron chi connectivity index (χ1n) is 16.4. The Hall–Kier alpha value is -4.90. The molecule has 1 aliphatic heterocycles. The lowest BCUT2D eigenvalue weighted by molar-refractivity contribution is 0.658. The van der Waals surface area contributed by atoms with Crippen molar-refractivity contribution in [2.45, 2.75) is 45.4 Å². The summed E-state index contributed by atoms with van der Waals surface area (Å²) in [5.41, 5.74) is 18.7. The average molecular weight is 655 g/mol. The standard InChI is InChI=1S/C44H34N2S2/c1-44(2)34-22-21-32-31-17-9-10-18-37(31)46(24-23-30(28-13-5-3-6-14-28)25-36(45)29-15-7-4-8-16-29)43(32)42(34)33-26-40-41(27-35(33)44)48-39-20-12-11-19-38(39)47-40/h3-23,25-27H,24,45H2,1-2H3/b30-23+,36-25-. The number of aromatic nitrogens is 1. The Kier molecular flexibility index (Phi) is 6.93. The van der Waals surface area contributed by atoms with Crippen LogP contribution in [-0.2, 0) is 12.0 Å². The Morgan fingerprint density at radius 1 is 0.646 bits per heavy atom. The molecule has 4 heteroatoms. The van der Waals surface area contributed by atoms with Crippen LogP contribution in [0, 0.1) is 0 Å². The molecule has 1 aromatic heterocycles. The molecule has 0 atom stereocenters. The van der Waals surface area contributed by atoms with Crippen LogP contribution in [0.15, 0.2) is 165 Å². The van der Waals surface area contributed by atoms with Gasteiger partial charge >= 0.3 is 0 Å². The maximum absolute atomic E-state index is 6.72. The monoisotopic (exact) mass is 654 g/mol. The normalized spacial score (nSPS) is 14.9. The van der Waals surface area contributed by atoms with Gasteiger partial charge in [0, 0.05) is 59.1 Å². The summed E-state index contributed by atoms with van der Waals surface area (Å²) >= 11 is 3.80. The molecule has 232 valence electrons. The molecule has 48 heavy (non-hydrogen) atoms. The topological polar surface area (TPSA) is 30.9 Å². The van der Waals surface area contributed by atoms with Gasteiger partial charge in [-0.1, -0.05) is 147 Å². The van der Waals surface area contributed by atoms with E-state index in [-0.39, 0.29) is 5.41 Å². The molecule has 0 saturated heterocycles. The predicted octanol–water partition coefficient (Wildman–Crippen LogP) is 11.8. The zero-order valence-corrected chi connectivity index (χ0v) is 28.5. The Morgan fingerprint density at radius 3 is 2.00 bits per heavy atom. The number of allylic oxidation sites excluding steroid dienone is 3. The molecule has 0 fully saturated rings. The van der Waals surface area contributed by atoms with Crippen LogP contribution in [0.25, 0.3) is 44.2 Å². The minimum absolute atomic E-state index is 0.116. The van der Waals surface area contributed by atoms with Crippen molar-refractivity contribution in [1.82, 2.24) is 4.57 Å². The number of nitrogens with zero attached hydrogens (tertiary/aromatic N) is 1. The van der Waals surface area contributed by atoms with Gasteiger partial charge < -0.3 is 10.3 Å². The molecular weight excluding hydrogens is 621 g/mol. The molecule has 7 aromatic rings. The van der Waals surface area contributed by atoms with E-state index >= 15 is 0 Å². The number of rotatable bonds is 5. The van der Waals surface area contributed by atoms with Crippen LogP contribution in [0.3, 0.4) is 0 Å². The summed E-state index contributed by atoms with van der Waals surface area (Å²) < 4.78 is 2.53. The highest BCUT2D eigenvalue weighted by molar-refractivity contribution is 8.05. The highest BCUT2D eigenvalue weighted by atomic mass is 32.2. The fraction of sp³-hybridized carbons (Fsp3) is 0.0909. The Labute approximate surface area is 290 Å². The molecule has 2 heterocycles. The molecule has 0 amide bonds. The molecule has 0 bridgehead atoms. The smallest absolute Gasteiger partial charge is 0.0577 e. The molecule has 9 rings (SSSR count). The Balaban J connectivity index is 1.25. The van der Waals surface area contributed by atoms with Gasteiger partial charge in [0.25, 0.3) is 0 Å². The molecule has 0 spiro atoms. The fourth-order valence-corrected chi connectivity index (χ4v) is 9.81. The summed E-state index contributed by atoms with van der Waals surface area (Å²) in [6, 6.07) is 48.1. The van der Waals surface area contributed by atoms with Gasteiger partial charge in [-0.2, -0.15) is 0 Å². The molecular formula is C44H34N2S2. The number of benzene rings is 6. The van der Waals surface area contributed by atoms with Gasteiger partial charge in [-0.3, -0.25) is 0 Å². The van der Waals surface area contributed by atoms with Crippen LogP contribution in [0.5, 0.6) is 0 Å². The maximum Gasteiger partial charge on any atom is 0.0577 e. The summed E-state index contributed by atoms with van der Waals surface area (Å²) in [7, 11) is 0. The van der Waals surface area contributed by atoms with E-state index < -0.39 is 0 Å². The van der Waals surface area contributed by atoms with Crippen molar-refractivity contribution in [1.29, 1.82) is 0 Å². The van der Waals surface area contributed by atoms with Gasteiger partial charge in [0.15, 0.2) is 0 Å². The maximum atomic E-state index is 6.72. The molecule has 2 aliphatic rings. The number of hydrogen-bond acceptors (Lipinski definition) is 3. The van der Waals surface area contributed by atoms with Crippen molar-refractivity contribution in [3.63, 3.8) is 0 Å². The van der Waals surface area contributed by atoms with Gasteiger partial charge in [0.05, 0.1) is 5.52 Å². The minimum Gasteiger partial charge on any atom is -0.398 e. The SMILES string of the molecule is CC1(C)c2cc3c(cc2-c2c1ccc1c4ccccc4n(C/C=C(\C=C(/N)c4ccccc4)c4ccccc4)c21)Sc1ccccc1S3. The molecule has 1 aliphatic carbocycles. The van der Waals surface area contributed by atoms with E-state index in [0.717, 1.165) is 22.4 Å². The van der Waals surface area contributed by atoms with Crippen molar-refractivity contribution in [2.24, 2.45) is 5.73 Å². The van der Waals surface area contributed by atoms with Crippen LogP contribution in [0.2, 0.25) is 0 Å². The van der Waals surface area contributed by atoms with Crippen LogP contribution in [0.4, 0.5) is 0 Å². The Bertz CT molecular complexity index is 2450. The second-order valence-electron chi connectivity index (χ2n) is 13.1. The second kappa shape index (κ2) is 11.4. The first kappa shape index (κ1) is 29.3. The zero-order chi connectivity index (χ0) is 32.4. The van der Waals surface area contributed by atoms with Gasteiger partial charge in [0.1, 0.15) is 0 Å². The lowest BCUT2D eigenvalue weighted by Crippen LogP contribution is -2.15. The van der Waals surface area contributed by atoms with Crippen LogP contribution < -0.4 is 5.73 Å². The molecule has 2 N–H and O–H groups in total. The van der Waals surface area contributed by atoms with Gasteiger partial charge in [-0.05, 0) is 69.8 Å². The summed E-state index contributed by atoms with van der Waals surface area (Å²) in [6.07, 6.45) is 4.47. The van der Waals surface area contributed by atoms with E-state index in [1.165, 1.54) is 63.6 Å².